The molecule has 1 fully saturated rings. The van der Waals surface area contributed by atoms with Crippen molar-refractivity contribution in [2.45, 2.75) is 37.5 Å². The number of thiazole rings is 1. The summed E-state index contributed by atoms with van der Waals surface area (Å²) in [5.74, 6) is -1.96. The van der Waals surface area contributed by atoms with Crippen molar-refractivity contribution in [3.8, 4) is 27.5 Å². The number of primary sulfonamides is 1. The molecule has 0 saturated heterocycles. The number of aromatic carboxylic acids is 1. The number of sulfonamides is 1. The molecule has 5 aromatic rings. The lowest BCUT2D eigenvalue weighted by Gasteiger charge is -2.11. The lowest BCUT2D eigenvalue weighted by Crippen LogP contribution is -2.13. The Labute approximate surface area is 250 Å². The van der Waals surface area contributed by atoms with E-state index in [1.165, 1.54) is 23.6 Å². The molecule has 8 nitrogen and oxygen atoms in total. The van der Waals surface area contributed by atoms with Gasteiger partial charge in [0.1, 0.15) is 11.6 Å². The van der Waals surface area contributed by atoms with Crippen molar-refractivity contribution in [2.24, 2.45) is 11.1 Å². The molecular formula is C31H26F2N4O4S2. The number of nitrogens with zero attached hydrogens (tertiary/aromatic N) is 3. The third-order valence-electron chi connectivity index (χ3n) is 7.48. The zero-order chi connectivity index (χ0) is 30.5. The van der Waals surface area contributed by atoms with Crippen LogP contribution in [0.4, 0.5) is 8.78 Å². The van der Waals surface area contributed by atoms with Crippen LogP contribution in [0.2, 0.25) is 0 Å². The van der Waals surface area contributed by atoms with E-state index in [1.54, 1.807) is 16.8 Å². The van der Waals surface area contributed by atoms with Crippen LogP contribution in [0.5, 0.6) is 0 Å². The van der Waals surface area contributed by atoms with Gasteiger partial charge in [0, 0.05) is 28.5 Å². The predicted molar refractivity (Wildman–Crippen MR) is 159 cm³/mol. The van der Waals surface area contributed by atoms with Crippen molar-refractivity contribution >= 4 is 27.3 Å². The first kappa shape index (κ1) is 28.8. The number of hydrogen-bond donors (Lipinski definition) is 2. The summed E-state index contributed by atoms with van der Waals surface area (Å²) >= 11 is 1.12. The zero-order valence-corrected chi connectivity index (χ0v) is 24.6. The Kier molecular flexibility index (Phi) is 7.45. The van der Waals surface area contributed by atoms with Gasteiger partial charge in [-0.15, -0.1) is 11.3 Å². The Hall–Kier alpha value is -4.26. The maximum Gasteiger partial charge on any atom is 0.355 e. The van der Waals surface area contributed by atoms with E-state index < -0.39 is 27.6 Å². The molecule has 43 heavy (non-hydrogen) atoms. The van der Waals surface area contributed by atoms with Gasteiger partial charge in [0.2, 0.25) is 15.2 Å². The first-order chi connectivity index (χ1) is 20.5. The summed E-state index contributed by atoms with van der Waals surface area (Å²) < 4.78 is 55.6. The Balaban J connectivity index is 1.55. The quantitative estimate of drug-likeness (QED) is 0.204. The summed E-state index contributed by atoms with van der Waals surface area (Å²) in [7, 11) is -4.10. The number of carboxylic acid groups (broad SMARTS) is 1. The highest BCUT2D eigenvalue weighted by Crippen LogP contribution is 2.39. The molecule has 0 unspecified atom stereocenters. The minimum absolute atomic E-state index is 0.0442. The molecule has 2 heterocycles. The van der Waals surface area contributed by atoms with Crippen molar-refractivity contribution in [3.63, 3.8) is 0 Å². The van der Waals surface area contributed by atoms with E-state index in [0.29, 0.717) is 45.4 Å². The van der Waals surface area contributed by atoms with Crippen LogP contribution >= 0.6 is 11.3 Å². The van der Waals surface area contributed by atoms with Crippen molar-refractivity contribution < 1.29 is 27.1 Å². The number of nitrogens with two attached hydrogens (primary N) is 1. The molecule has 6 rings (SSSR count). The molecule has 3 N–H and O–H groups in total. The third-order valence-corrected chi connectivity index (χ3v) is 9.21. The van der Waals surface area contributed by atoms with E-state index in [2.05, 4.69) is 4.98 Å². The van der Waals surface area contributed by atoms with Crippen LogP contribution in [0.1, 0.15) is 45.7 Å². The van der Waals surface area contributed by atoms with Crippen LogP contribution in [0.3, 0.4) is 0 Å². The van der Waals surface area contributed by atoms with Crippen LogP contribution in [-0.2, 0) is 22.9 Å². The molecule has 0 bridgehead atoms. The lowest BCUT2D eigenvalue weighted by atomic mass is 9.94. The van der Waals surface area contributed by atoms with Crippen molar-refractivity contribution in [2.75, 3.05) is 0 Å². The van der Waals surface area contributed by atoms with E-state index in [4.69, 9.17) is 10.2 Å². The predicted octanol–water partition coefficient (Wildman–Crippen LogP) is 6.14. The fourth-order valence-corrected chi connectivity index (χ4v) is 6.29. The van der Waals surface area contributed by atoms with Gasteiger partial charge in [0.05, 0.1) is 16.3 Å². The van der Waals surface area contributed by atoms with Crippen LogP contribution in [-0.4, -0.2) is 34.3 Å². The van der Waals surface area contributed by atoms with Gasteiger partial charge in [-0.05, 0) is 73.6 Å². The number of rotatable bonds is 9. The number of halogens is 2. The number of aromatic nitrogens is 3. The van der Waals surface area contributed by atoms with Crippen molar-refractivity contribution in [1.29, 1.82) is 0 Å². The van der Waals surface area contributed by atoms with Crippen LogP contribution < -0.4 is 5.14 Å². The van der Waals surface area contributed by atoms with Gasteiger partial charge in [0.15, 0.2) is 5.69 Å². The highest BCUT2D eigenvalue weighted by molar-refractivity contribution is 7.89. The van der Waals surface area contributed by atoms with Gasteiger partial charge >= 0.3 is 5.97 Å². The SMILES string of the molecule is Cc1ccc(-c2cc(-c3nn(-c4nc(C(=O)O)cs4)c(CC4CC4)c3Cc3ccc(S(N)(=O)=O)cc3F)ccc2F)cc1. The molecule has 1 saturated carbocycles. The van der Waals surface area contributed by atoms with Gasteiger partial charge < -0.3 is 5.11 Å². The summed E-state index contributed by atoms with van der Waals surface area (Å²) in [4.78, 5) is 15.5. The molecule has 0 spiro atoms. The highest BCUT2D eigenvalue weighted by Gasteiger charge is 2.30. The molecule has 0 radical (unpaired) electrons. The average molecular weight is 621 g/mol. The molecule has 2 aromatic heterocycles. The summed E-state index contributed by atoms with van der Waals surface area (Å²) in [6, 6.07) is 15.7. The van der Waals surface area contributed by atoms with E-state index in [1.807, 2.05) is 31.2 Å². The fraction of sp³-hybridized carbons (Fsp3) is 0.194. The first-order valence-electron chi connectivity index (χ1n) is 13.5. The molecule has 0 aliphatic heterocycles. The minimum atomic E-state index is -4.10. The molecule has 1 aliphatic carbocycles. The standard InChI is InChI=1S/C31H26F2N4O4S2/c1-17-2-6-19(7-3-17)23-14-21(9-11-25(23)32)29-24(13-20-8-10-22(15-26(20)33)43(34,40)41)28(12-18-4-5-18)37(36-29)31-35-27(16-42-31)30(38)39/h2-3,6-11,14-16,18H,4-5,12-13H2,1H3,(H,38,39)(H2,34,40,41). The maximum absolute atomic E-state index is 15.3. The Morgan fingerprint density at radius 2 is 1.77 bits per heavy atom. The second-order valence-electron chi connectivity index (χ2n) is 10.7. The molecule has 1 aliphatic rings. The Morgan fingerprint density at radius 1 is 1.05 bits per heavy atom. The number of benzene rings is 3. The van der Waals surface area contributed by atoms with E-state index in [-0.39, 0.29) is 22.6 Å². The number of carbonyl (C=O) groups is 1. The molecule has 0 atom stereocenters. The zero-order valence-electron chi connectivity index (χ0n) is 22.9. The number of aryl methyl sites for hydroxylation is 1. The smallest absolute Gasteiger partial charge is 0.355 e. The van der Waals surface area contributed by atoms with Crippen molar-refractivity contribution in [1.82, 2.24) is 14.8 Å². The van der Waals surface area contributed by atoms with Gasteiger partial charge in [-0.2, -0.15) is 5.10 Å². The van der Waals surface area contributed by atoms with Gasteiger partial charge in [-0.25, -0.2) is 36.8 Å². The van der Waals surface area contributed by atoms with Crippen LogP contribution in [0, 0.1) is 24.5 Å². The Bertz CT molecular complexity index is 1980. The summed E-state index contributed by atoms with van der Waals surface area (Å²) in [6.45, 7) is 1.94. The molecule has 12 heteroatoms. The monoisotopic (exact) mass is 620 g/mol. The minimum Gasteiger partial charge on any atom is -0.476 e. The molecule has 0 amide bonds. The first-order valence-corrected chi connectivity index (χ1v) is 15.9. The van der Waals surface area contributed by atoms with Crippen LogP contribution in [0.25, 0.3) is 27.5 Å². The molecular weight excluding hydrogens is 594 g/mol. The molecule has 3 aromatic carbocycles. The average Bonchev–Trinajstić information content (AvgIpc) is 3.52. The van der Waals surface area contributed by atoms with Gasteiger partial charge in [-0.3, -0.25) is 0 Å². The fourth-order valence-electron chi connectivity index (χ4n) is 4.99. The molecule has 220 valence electrons. The van der Waals surface area contributed by atoms with Gasteiger partial charge in [0.25, 0.3) is 0 Å². The second kappa shape index (κ2) is 11.1. The number of carboxylic acids is 1. The van der Waals surface area contributed by atoms with E-state index >= 15 is 8.78 Å². The van der Waals surface area contributed by atoms with Gasteiger partial charge in [-0.1, -0.05) is 35.9 Å². The summed E-state index contributed by atoms with van der Waals surface area (Å²) in [5, 5.41) is 21.3. The maximum atomic E-state index is 15.3. The normalized spacial score (nSPS) is 13.4. The van der Waals surface area contributed by atoms with Crippen LogP contribution in [0.15, 0.2) is 70.9 Å². The summed E-state index contributed by atoms with van der Waals surface area (Å²) in [6.07, 6.45) is 2.64. The summed E-state index contributed by atoms with van der Waals surface area (Å²) in [5.41, 5.74) is 4.62. The van der Waals surface area contributed by atoms with Crippen molar-refractivity contribution in [3.05, 3.63) is 106 Å². The number of hydrogen-bond acceptors (Lipinski definition) is 6. The third kappa shape index (κ3) is 5.99. The second-order valence-corrected chi connectivity index (χ2v) is 13.1. The van der Waals surface area contributed by atoms with E-state index in [0.717, 1.165) is 41.5 Å². The van der Waals surface area contributed by atoms with E-state index in [9.17, 15) is 18.3 Å². The highest BCUT2D eigenvalue weighted by atomic mass is 32.2. The Morgan fingerprint density at radius 3 is 2.40 bits per heavy atom. The lowest BCUT2D eigenvalue weighted by molar-refractivity contribution is 0.0691. The topological polar surface area (TPSA) is 128 Å². The largest absolute Gasteiger partial charge is 0.476 e.